The zero-order valence-electron chi connectivity index (χ0n) is 19.0. The first kappa shape index (κ1) is 22.3. The summed E-state index contributed by atoms with van der Waals surface area (Å²) in [7, 11) is 0. The average Bonchev–Trinajstić information content (AvgIpc) is 3.41. The molecule has 1 aliphatic rings. The van der Waals surface area contributed by atoms with Gasteiger partial charge in [0, 0.05) is 11.9 Å². The third kappa shape index (κ3) is 4.01. The molecule has 0 saturated heterocycles. The van der Waals surface area contributed by atoms with Crippen molar-refractivity contribution in [2.24, 2.45) is 0 Å². The SMILES string of the molecule is CCOc1cc([C@H]2C(C(=O)c3cc4ccccc4o3)=C(O)C(=O)N2Cc2ccccc2)ccc1O. The number of para-hydroxylation sites is 1. The highest BCUT2D eigenvalue weighted by atomic mass is 16.5. The highest BCUT2D eigenvalue weighted by molar-refractivity contribution is 6.16. The van der Waals surface area contributed by atoms with Gasteiger partial charge in [0.05, 0.1) is 18.2 Å². The lowest BCUT2D eigenvalue weighted by molar-refractivity contribution is -0.130. The molecule has 0 spiro atoms. The second kappa shape index (κ2) is 9.02. The van der Waals surface area contributed by atoms with Crippen LogP contribution in [0.25, 0.3) is 11.0 Å². The number of aliphatic hydroxyl groups excluding tert-OH is 1. The normalized spacial score (nSPS) is 15.7. The molecule has 5 rings (SSSR count). The topological polar surface area (TPSA) is 100 Å². The van der Waals surface area contributed by atoms with Crippen LogP contribution in [0.15, 0.2) is 94.6 Å². The van der Waals surface area contributed by atoms with Gasteiger partial charge in [0.2, 0.25) is 5.78 Å². The maximum atomic E-state index is 13.7. The zero-order chi connectivity index (χ0) is 24.5. The summed E-state index contributed by atoms with van der Waals surface area (Å²) in [5.41, 5.74) is 1.79. The molecule has 0 fully saturated rings. The van der Waals surface area contributed by atoms with Gasteiger partial charge in [-0.2, -0.15) is 0 Å². The number of ether oxygens (including phenoxy) is 1. The first-order chi connectivity index (χ1) is 17.0. The van der Waals surface area contributed by atoms with E-state index in [0.29, 0.717) is 17.8 Å². The molecule has 7 nitrogen and oxygen atoms in total. The Labute approximate surface area is 201 Å². The molecular weight excluding hydrogens is 446 g/mol. The molecule has 176 valence electrons. The van der Waals surface area contributed by atoms with E-state index >= 15 is 0 Å². The van der Waals surface area contributed by atoms with Gasteiger partial charge in [-0.15, -0.1) is 0 Å². The quantitative estimate of drug-likeness (QED) is 0.356. The summed E-state index contributed by atoms with van der Waals surface area (Å²) in [5.74, 6) is -1.69. The number of Topliss-reactive ketones (excluding diaryl/α,β-unsaturated/α-hetero) is 1. The van der Waals surface area contributed by atoms with E-state index in [4.69, 9.17) is 9.15 Å². The predicted molar refractivity (Wildman–Crippen MR) is 129 cm³/mol. The van der Waals surface area contributed by atoms with Crippen LogP contribution in [-0.2, 0) is 11.3 Å². The Kier molecular flexibility index (Phi) is 5.74. The molecular formula is C28H23NO6. The van der Waals surface area contributed by atoms with Crippen LogP contribution >= 0.6 is 0 Å². The molecule has 0 saturated carbocycles. The standard InChI is InChI=1S/C28H23NO6/c1-2-34-22-15-19(12-13-20(22)30)25-24(26(31)23-14-18-10-6-7-11-21(18)35-23)27(32)28(33)29(25)16-17-8-4-3-5-9-17/h3-15,25,30,32H,2,16H2,1H3/t25-/m0/s1. The number of ketones is 1. The van der Waals surface area contributed by atoms with Crippen molar-refractivity contribution >= 4 is 22.7 Å². The van der Waals surface area contributed by atoms with Crippen molar-refractivity contribution in [2.45, 2.75) is 19.5 Å². The van der Waals surface area contributed by atoms with Crippen LogP contribution in [0.2, 0.25) is 0 Å². The molecule has 1 amide bonds. The maximum absolute atomic E-state index is 13.7. The van der Waals surface area contributed by atoms with E-state index in [1.165, 1.54) is 11.0 Å². The van der Waals surface area contributed by atoms with Crippen LogP contribution in [0.3, 0.4) is 0 Å². The molecule has 0 unspecified atom stereocenters. The Morgan fingerprint density at radius 1 is 1.00 bits per heavy atom. The van der Waals surface area contributed by atoms with Crippen molar-refractivity contribution in [1.82, 2.24) is 4.90 Å². The van der Waals surface area contributed by atoms with Gasteiger partial charge in [-0.05, 0) is 42.3 Å². The minimum atomic E-state index is -0.914. The van der Waals surface area contributed by atoms with Gasteiger partial charge in [-0.3, -0.25) is 9.59 Å². The number of aliphatic hydroxyl groups is 1. The van der Waals surface area contributed by atoms with Crippen LogP contribution in [-0.4, -0.2) is 33.4 Å². The van der Waals surface area contributed by atoms with Crippen molar-refractivity contribution in [3.63, 3.8) is 0 Å². The van der Waals surface area contributed by atoms with Gasteiger partial charge in [0.15, 0.2) is 23.0 Å². The molecule has 0 bridgehead atoms. The molecule has 0 radical (unpaired) electrons. The van der Waals surface area contributed by atoms with Crippen LogP contribution in [0.4, 0.5) is 0 Å². The first-order valence-corrected chi connectivity index (χ1v) is 11.2. The average molecular weight is 469 g/mol. The lowest BCUT2D eigenvalue weighted by Gasteiger charge is -2.27. The number of furan rings is 1. The Morgan fingerprint density at radius 3 is 2.49 bits per heavy atom. The van der Waals surface area contributed by atoms with Crippen molar-refractivity contribution in [3.05, 3.63) is 107 Å². The molecule has 3 aromatic carbocycles. The van der Waals surface area contributed by atoms with E-state index in [9.17, 15) is 19.8 Å². The summed E-state index contributed by atoms with van der Waals surface area (Å²) in [4.78, 5) is 28.3. The fraction of sp³-hybridized carbons (Fsp3) is 0.143. The number of aromatic hydroxyl groups is 1. The van der Waals surface area contributed by atoms with Crippen molar-refractivity contribution in [1.29, 1.82) is 0 Å². The molecule has 7 heteroatoms. The molecule has 1 atom stereocenters. The monoisotopic (exact) mass is 469 g/mol. The number of nitrogens with zero attached hydrogens (tertiary/aromatic N) is 1. The molecule has 1 aromatic heterocycles. The number of rotatable bonds is 7. The number of amides is 1. The van der Waals surface area contributed by atoms with Gasteiger partial charge in [0.25, 0.3) is 5.91 Å². The predicted octanol–water partition coefficient (Wildman–Crippen LogP) is 5.32. The molecule has 4 aromatic rings. The van der Waals surface area contributed by atoms with E-state index in [1.807, 2.05) is 42.5 Å². The van der Waals surface area contributed by atoms with Crippen LogP contribution in [0, 0.1) is 0 Å². The number of hydrogen-bond acceptors (Lipinski definition) is 6. The van der Waals surface area contributed by atoms with Crippen LogP contribution in [0.5, 0.6) is 11.5 Å². The van der Waals surface area contributed by atoms with E-state index in [1.54, 1.807) is 37.3 Å². The minimum absolute atomic E-state index is 0.0240. The number of phenols is 1. The first-order valence-electron chi connectivity index (χ1n) is 11.2. The fourth-order valence-electron chi connectivity index (χ4n) is 4.37. The van der Waals surface area contributed by atoms with Gasteiger partial charge in [-0.25, -0.2) is 0 Å². The number of benzene rings is 3. The number of phenolic OH excluding ortho intramolecular Hbond substituents is 1. The van der Waals surface area contributed by atoms with Crippen LogP contribution in [0.1, 0.15) is 34.6 Å². The smallest absolute Gasteiger partial charge is 0.290 e. The van der Waals surface area contributed by atoms with Gasteiger partial charge >= 0.3 is 0 Å². The van der Waals surface area contributed by atoms with Gasteiger partial charge in [-0.1, -0.05) is 54.6 Å². The lowest BCUT2D eigenvalue weighted by Crippen LogP contribution is -2.30. The largest absolute Gasteiger partial charge is 0.504 e. The lowest BCUT2D eigenvalue weighted by atomic mass is 9.94. The Hall–Kier alpha value is -4.52. The molecule has 1 aliphatic heterocycles. The summed E-state index contributed by atoms with van der Waals surface area (Å²) in [6.45, 7) is 2.27. The van der Waals surface area contributed by atoms with Crippen molar-refractivity contribution < 1.29 is 29.0 Å². The molecule has 2 heterocycles. The van der Waals surface area contributed by atoms with E-state index < -0.39 is 23.5 Å². The molecule has 0 aliphatic carbocycles. The van der Waals surface area contributed by atoms with Gasteiger partial charge in [0.1, 0.15) is 5.58 Å². The van der Waals surface area contributed by atoms with Gasteiger partial charge < -0.3 is 24.3 Å². The van der Waals surface area contributed by atoms with Crippen molar-refractivity contribution in [2.75, 3.05) is 6.61 Å². The van der Waals surface area contributed by atoms with Crippen LogP contribution < -0.4 is 4.74 Å². The highest BCUT2D eigenvalue weighted by Gasteiger charge is 2.44. The second-order valence-corrected chi connectivity index (χ2v) is 8.22. The van der Waals surface area contributed by atoms with E-state index in [2.05, 4.69) is 0 Å². The minimum Gasteiger partial charge on any atom is -0.504 e. The molecule has 2 N–H and O–H groups in total. The Morgan fingerprint density at radius 2 is 1.74 bits per heavy atom. The number of carbonyl (C=O) groups is 2. The Bertz CT molecular complexity index is 1420. The van der Waals surface area contributed by atoms with E-state index in [0.717, 1.165) is 10.9 Å². The number of carbonyl (C=O) groups excluding carboxylic acids is 2. The van der Waals surface area contributed by atoms with Crippen molar-refractivity contribution in [3.8, 4) is 11.5 Å². The zero-order valence-corrected chi connectivity index (χ0v) is 19.0. The third-order valence-electron chi connectivity index (χ3n) is 5.99. The molecule has 35 heavy (non-hydrogen) atoms. The third-order valence-corrected chi connectivity index (χ3v) is 5.99. The summed E-state index contributed by atoms with van der Waals surface area (Å²) in [5, 5.41) is 21.9. The summed E-state index contributed by atoms with van der Waals surface area (Å²) in [6.07, 6.45) is 0. The second-order valence-electron chi connectivity index (χ2n) is 8.22. The van der Waals surface area contributed by atoms with E-state index in [-0.39, 0.29) is 29.4 Å². The summed E-state index contributed by atoms with van der Waals surface area (Å²) < 4.78 is 11.3. The Balaban J connectivity index is 1.62. The maximum Gasteiger partial charge on any atom is 0.290 e. The summed E-state index contributed by atoms with van der Waals surface area (Å²) in [6, 6.07) is 21.8. The summed E-state index contributed by atoms with van der Waals surface area (Å²) >= 11 is 0. The highest BCUT2D eigenvalue weighted by Crippen LogP contribution is 2.42. The fourth-order valence-corrected chi connectivity index (χ4v) is 4.37. The number of fused-ring (bicyclic) bond motifs is 1. The number of hydrogen-bond donors (Lipinski definition) is 2.